The van der Waals surface area contributed by atoms with Crippen molar-refractivity contribution in [2.75, 3.05) is 6.54 Å². The molecule has 1 fully saturated rings. The fourth-order valence-corrected chi connectivity index (χ4v) is 1.37. The molecule has 0 spiro atoms. The number of hydrogen-bond donors (Lipinski definition) is 0. The molecule has 0 radical (unpaired) electrons. The summed E-state index contributed by atoms with van der Waals surface area (Å²) in [6, 6.07) is 0. The molecule has 1 saturated heterocycles. The lowest BCUT2D eigenvalue weighted by molar-refractivity contribution is -0.139. The Labute approximate surface area is 86.0 Å². The monoisotopic (exact) mass is 215 g/mol. The fourth-order valence-electron chi connectivity index (χ4n) is 1.12. The molecule has 14 heavy (non-hydrogen) atoms. The molecule has 0 aromatic rings. The van der Waals surface area contributed by atoms with Gasteiger partial charge < -0.3 is 4.74 Å². The molecule has 1 heterocycles. The minimum atomic E-state index is -0.547. The maximum atomic E-state index is 11.1. The van der Waals surface area contributed by atoms with E-state index in [4.69, 9.17) is 0 Å². The van der Waals surface area contributed by atoms with Crippen LogP contribution in [0.2, 0.25) is 0 Å². The Bertz CT molecular complexity index is 296. The molecule has 1 rings (SSSR count). The molecule has 0 N–H and O–H groups in total. The molecule has 76 valence electrons. The highest BCUT2D eigenvalue weighted by molar-refractivity contribution is 7.80. The first-order valence-corrected chi connectivity index (χ1v) is 4.46. The molecule has 1 aliphatic heterocycles. The highest BCUT2D eigenvalue weighted by Crippen LogP contribution is 2.11. The summed E-state index contributed by atoms with van der Waals surface area (Å²) < 4.78 is 4.56. The Balaban J connectivity index is 2.51. The van der Waals surface area contributed by atoms with Crippen LogP contribution >= 0.6 is 12.2 Å². The van der Waals surface area contributed by atoms with Gasteiger partial charge in [0.2, 0.25) is 11.8 Å². The van der Waals surface area contributed by atoms with Crippen molar-refractivity contribution in [3.05, 3.63) is 0 Å². The van der Waals surface area contributed by atoms with E-state index in [1.54, 1.807) is 0 Å². The van der Waals surface area contributed by atoms with E-state index in [0.29, 0.717) is 0 Å². The number of rotatable bonds is 2. The van der Waals surface area contributed by atoms with Gasteiger partial charge in [-0.25, -0.2) is 0 Å². The SMILES string of the molecule is CC(=O)OC(=S)CN1C(=O)CCC1=O. The molecular formula is C8H9NO4S. The first kappa shape index (κ1) is 10.8. The number of amides is 2. The third kappa shape index (κ3) is 2.59. The van der Waals surface area contributed by atoms with Crippen LogP contribution < -0.4 is 0 Å². The molecule has 6 heteroatoms. The van der Waals surface area contributed by atoms with E-state index in [1.165, 1.54) is 6.92 Å². The van der Waals surface area contributed by atoms with Crippen LogP contribution in [0, 0.1) is 0 Å². The van der Waals surface area contributed by atoms with Crippen molar-refractivity contribution in [1.82, 2.24) is 4.90 Å². The lowest BCUT2D eigenvalue weighted by Crippen LogP contribution is -2.34. The van der Waals surface area contributed by atoms with Crippen molar-refractivity contribution < 1.29 is 19.1 Å². The van der Waals surface area contributed by atoms with E-state index < -0.39 is 5.97 Å². The minimum Gasteiger partial charge on any atom is -0.417 e. The largest absolute Gasteiger partial charge is 0.417 e. The van der Waals surface area contributed by atoms with Crippen molar-refractivity contribution in [3.8, 4) is 0 Å². The van der Waals surface area contributed by atoms with E-state index in [-0.39, 0.29) is 36.3 Å². The van der Waals surface area contributed by atoms with Gasteiger partial charge in [0.15, 0.2) is 5.05 Å². The molecule has 1 aliphatic rings. The lowest BCUT2D eigenvalue weighted by Gasteiger charge is -2.13. The van der Waals surface area contributed by atoms with Crippen LogP contribution in [-0.4, -0.2) is 34.3 Å². The number of ether oxygens (including phenoxy) is 1. The Morgan fingerprint density at radius 1 is 1.43 bits per heavy atom. The maximum absolute atomic E-state index is 11.1. The minimum absolute atomic E-state index is 0.0545. The first-order valence-electron chi connectivity index (χ1n) is 4.05. The Hall–Kier alpha value is -1.30. The quantitative estimate of drug-likeness (QED) is 0.369. The van der Waals surface area contributed by atoms with Crippen molar-refractivity contribution in [2.24, 2.45) is 0 Å². The molecule has 0 atom stereocenters. The summed E-state index contributed by atoms with van der Waals surface area (Å²) in [7, 11) is 0. The summed E-state index contributed by atoms with van der Waals surface area (Å²) in [6.45, 7) is 1.10. The predicted octanol–water partition coefficient (Wildman–Crippen LogP) is 0.0259. The van der Waals surface area contributed by atoms with Crippen LogP contribution in [0.5, 0.6) is 0 Å². The van der Waals surface area contributed by atoms with Crippen molar-refractivity contribution in [3.63, 3.8) is 0 Å². The smallest absolute Gasteiger partial charge is 0.308 e. The van der Waals surface area contributed by atoms with Crippen LogP contribution in [0.15, 0.2) is 0 Å². The van der Waals surface area contributed by atoms with Gasteiger partial charge in [0.25, 0.3) is 0 Å². The second-order valence-corrected chi connectivity index (χ2v) is 3.29. The molecule has 0 aromatic heterocycles. The number of hydrogen-bond acceptors (Lipinski definition) is 5. The number of carbonyl (C=O) groups is 3. The number of esters is 1. The van der Waals surface area contributed by atoms with Gasteiger partial charge in [-0.05, 0) is 12.2 Å². The van der Waals surface area contributed by atoms with Crippen molar-refractivity contribution >= 4 is 35.1 Å². The molecule has 0 aliphatic carbocycles. The summed E-state index contributed by atoms with van der Waals surface area (Å²) in [5, 5.41) is -0.0545. The van der Waals surface area contributed by atoms with Crippen LogP contribution in [0.3, 0.4) is 0 Å². The van der Waals surface area contributed by atoms with Crippen molar-refractivity contribution in [2.45, 2.75) is 19.8 Å². The van der Waals surface area contributed by atoms with Crippen LogP contribution in [0.1, 0.15) is 19.8 Å². The third-order valence-corrected chi connectivity index (χ3v) is 1.91. The number of carbonyl (C=O) groups excluding carboxylic acids is 3. The number of nitrogens with zero attached hydrogens (tertiary/aromatic N) is 1. The summed E-state index contributed by atoms with van der Waals surface area (Å²) in [5.41, 5.74) is 0. The van der Waals surface area contributed by atoms with Crippen molar-refractivity contribution in [1.29, 1.82) is 0 Å². The van der Waals surface area contributed by atoms with E-state index >= 15 is 0 Å². The van der Waals surface area contributed by atoms with E-state index in [9.17, 15) is 14.4 Å². The molecule has 5 nitrogen and oxygen atoms in total. The number of likely N-dealkylation sites (tertiary alicyclic amines) is 1. The average molecular weight is 215 g/mol. The predicted molar refractivity (Wildman–Crippen MR) is 50.3 cm³/mol. The topological polar surface area (TPSA) is 63.7 Å². The maximum Gasteiger partial charge on any atom is 0.308 e. The van der Waals surface area contributed by atoms with E-state index in [0.717, 1.165) is 4.90 Å². The Morgan fingerprint density at radius 3 is 2.36 bits per heavy atom. The van der Waals surface area contributed by atoms with E-state index in [1.807, 2.05) is 0 Å². The van der Waals surface area contributed by atoms with Gasteiger partial charge in [-0.15, -0.1) is 0 Å². The van der Waals surface area contributed by atoms with Gasteiger partial charge in [-0.3, -0.25) is 19.3 Å². The molecule has 2 amide bonds. The summed E-state index contributed by atoms with van der Waals surface area (Å²) in [4.78, 5) is 33.7. The third-order valence-electron chi connectivity index (χ3n) is 1.70. The highest BCUT2D eigenvalue weighted by atomic mass is 32.1. The summed E-state index contributed by atoms with van der Waals surface area (Å²) in [6.07, 6.45) is 0.420. The zero-order valence-electron chi connectivity index (χ0n) is 7.61. The summed E-state index contributed by atoms with van der Waals surface area (Å²) in [5.74, 6) is -1.09. The second-order valence-electron chi connectivity index (χ2n) is 2.84. The summed E-state index contributed by atoms with van der Waals surface area (Å²) >= 11 is 4.68. The zero-order valence-corrected chi connectivity index (χ0v) is 8.43. The molecular weight excluding hydrogens is 206 g/mol. The zero-order chi connectivity index (χ0) is 10.7. The Morgan fingerprint density at radius 2 is 1.93 bits per heavy atom. The van der Waals surface area contributed by atoms with Gasteiger partial charge in [-0.2, -0.15) is 0 Å². The van der Waals surface area contributed by atoms with Crippen LogP contribution in [0.25, 0.3) is 0 Å². The van der Waals surface area contributed by atoms with Gasteiger partial charge in [0.05, 0.1) is 6.54 Å². The highest BCUT2D eigenvalue weighted by Gasteiger charge is 2.29. The normalized spacial score (nSPS) is 15.9. The molecule has 0 saturated carbocycles. The van der Waals surface area contributed by atoms with E-state index in [2.05, 4.69) is 17.0 Å². The van der Waals surface area contributed by atoms with Gasteiger partial charge >= 0.3 is 5.97 Å². The molecule has 0 bridgehead atoms. The van der Waals surface area contributed by atoms with Gasteiger partial charge in [0, 0.05) is 19.8 Å². The Kier molecular flexibility index (Phi) is 3.29. The number of thiocarbonyl (C=S) groups is 1. The second kappa shape index (κ2) is 4.28. The van der Waals surface area contributed by atoms with Crippen LogP contribution in [-0.2, 0) is 19.1 Å². The molecule has 0 aromatic carbocycles. The van der Waals surface area contributed by atoms with Crippen LogP contribution in [0.4, 0.5) is 0 Å². The standard InChI is InChI=1S/C8H9NO4S/c1-5(10)13-8(14)4-9-6(11)2-3-7(9)12/h2-4H2,1H3. The number of imide groups is 1. The lowest BCUT2D eigenvalue weighted by atomic mass is 10.4. The average Bonchev–Trinajstić information content (AvgIpc) is 2.34. The van der Waals surface area contributed by atoms with Gasteiger partial charge in [0.1, 0.15) is 0 Å². The fraction of sp³-hybridized carbons (Fsp3) is 0.500. The molecule has 0 unspecified atom stereocenters. The first-order chi connectivity index (χ1) is 6.50. The van der Waals surface area contributed by atoms with Gasteiger partial charge in [-0.1, -0.05) is 0 Å².